The molecule has 1 aromatic carbocycles. The van der Waals surface area contributed by atoms with Gasteiger partial charge in [-0.1, -0.05) is 0 Å². The Morgan fingerprint density at radius 3 is 1.40 bits per heavy atom. The molecule has 2 heterocycles. The van der Waals surface area contributed by atoms with Gasteiger partial charge in [-0.15, -0.1) is 0 Å². The SMILES string of the molecule is Cc1cc(C)n(C[C@H](O)COc2ccc(OC[C@H](O)Cn3nc(C)cc3C)cc2)n1. The van der Waals surface area contributed by atoms with Crippen molar-refractivity contribution in [3.63, 3.8) is 0 Å². The number of aliphatic hydroxyl groups is 2. The van der Waals surface area contributed by atoms with Gasteiger partial charge in [0.2, 0.25) is 0 Å². The van der Waals surface area contributed by atoms with Crippen molar-refractivity contribution < 1.29 is 19.7 Å². The molecule has 2 N–H and O–H groups in total. The van der Waals surface area contributed by atoms with E-state index >= 15 is 0 Å². The molecule has 3 aromatic rings. The van der Waals surface area contributed by atoms with Crippen LogP contribution in [0, 0.1) is 27.7 Å². The van der Waals surface area contributed by atoms with Crippen molar-refractivity contribution in [1.29, 1.82) is 0 Å². The molecule has 162 valence electrons. The summed E-state index contributed by atoms with van der Waals surface area (Å²) in [7, 11) is 0. The number of aliphatic hydroxyl groups excluding tert-OH is 2. The number of hydrogen-bond donors (Lipinski definition) is 2. The van der Waals surface area contributed by atoms with Crippen LogP contribution in [0.25, 0.3) is 0 Å². The van der Waals surface area contributed by atoms with Crippen LogP contribution in [0.5, 0.6) is 11.5 Å². The highest BCUT2D eigenvalue weighted by Crippen LogP contribution is 2.18. The minimum absolute atomic E-state index is 0.167. The van der Waals surface area contributed by atoms with Crippen LogP contribution in [-0.4, -0.2) is 55.2 Å². The molecule has 0 unspecified atom stereocenters. The Morgan fingerprint density at radius 2 is 1.10 bits per heavy atom. The van der Waals surface area contributed by atoms with E-state index in [0.29, 0.717) is 24.6 Å². The molecule has 0 radical (unpaired) electrons. The van der Waals surface area contributed by atoms with Crippen molar-refractivity contribution in [2.24, 2.45) is 0 Å². The Kier molecular flexibility index (Phi) is 7.12. The Bertz CT molecular complexity index is 871. The van der Waals surface area contributed by atoms with E-state index in [1.54, 1.807) is 33.6 Å². The molecular formula is C22H30N4O4. The van der Waals surface area contributed by atoms with E-state index in [1.165, 1.54) is 0 Å². The van der Waals surface area contributed by atoms with E-state index in [1.807, 2.05) is 39.8 Å². The van der Waals surface area contributed by atoms with E-state index < -0.39 is 12.2 Å². The van der Waals surface area contributed by atoms with Gasteiger partial charge < -0.3 is 19.7 Å². The zero-order valence-corrected chi connectivity index (χ0v) is 17.9. The average Bonchev–Trinajstić information content (AvgIpc) is 3.18. The lowest BCUT2D eigenvalue weighted by Crippen LogP contribution is -2.25. The van der Waals surface area contributed by atoms with Gasteiger partial charge in [-0.25, -0.2) is 0 Å². The maximum atomic E-state index is 10.2. The molecule has 0 spiro atoms. The summed E-state index contributed by atoms with van der Waals surface area (Å²) in [6.07, 6.45) is -1.33. The van der Waals surface area contributed by atoms with Gasteiger partial charge in [-0.2, -0.15) is 10.2 Å². The molecule has 30 heavy (non-hydrogen) atoms. The van der Waals surface area contributed by atoms with Gasteiger partial charge >= 0.3 is 0 Å². The lowest BCUT2D eigenvalue weighted by atomic mass is 10.3. The van der Waals surface area contributed by atoms with Crippen molar-refractivity contribution in [3.05, 3.63) is 59.2 Å². The number of rotatable bonds is 10. The second kappa shape index (κ2) is 9.77. The standard InChI is InChI=1S/C22H30N4O4/c1-15-9-17(3)25(23-15)11-19(27)13-29-21-5-7-22(8-6-21)30-14-20(28)12-26-18(4)10-16(2)24-26/h5-10,19-20,27-28H,11-14H2,1-4H3/t19-,20+. The summed E-state index contributed by atoms with van der Waals surface area (Å²) in [5.74, 6) is 1.27. The predicted molar refractivity (Wildman–Crippen MR) is 113 cm³/mol. The molecule has 2 atom stereocenters. The van der Waals surface area contributed by atoms with E-state index in [0.717, 1.165) is 22.8 Å². The van der Waals surface area contributed by atoms with E-state index in [2.05, 4.69) is 10.2 Å². The first kappa shape index (κ1) is 21.9. The highest BCUT2D eigenvalue weighted by atomic mass is 16.5. The van der Waals surface area contributed by atoms with Gasteiger partial charge in [-0.3, -0.25) is 9.36 Å². The first-order chi connectivity index (χ1) is 14.3. The van der Waals surface area contributed by atoms with Gasteiger partial charge in [0.05, 0.1) is 24.5 Å². The molecule has 0 aliphatic heterocycles. The van der Waals surface area contributed by atoms with Crippen LogP contribution in [0.1, 0.15) is 22.8 Å². The number of benzene rings is 1. The van der Waals surface area contributed by atoms with Gasteiger partial charge in [0.25, 0.3) is 0 Å². The summed E-state index contributed by atoms with van der Waals surface area (Å²) >= 11 is 0. The fourth-order valence-corrected chi connectivity index (χ4v) is 3.24. The Balaban J connectivity index is 1.42. The average molecular weight is 415 g/mol. The zero-order chi connectivity index (χ0) is 21.7. The normalized spacial score (nSPS) is 13.3. The first-order valence-electron chi connectivity index (χ1n) is 10.0. The quantitative estimate of drug-likeness (QED) is 0.528. The number of aryl methyl sites for hydroxylation is 4. The number of hydrogen-bond acceptors (Lipinski definition) is 6. The topological polar surface area (TPSA) is 94.6 Å². The van der Waals surface area contributed by atoms with Crippen LogP contribution in [0.3, 0.4) is 0 Å². The maximum absolute atomic E-state index is 10.2. The van der Waals surface area contributed by atoms with Crippen molar-refractivity contribution >= 4 is 0 Å². The largest absolute Gasteiger partial charge is 0.491 e. The van der Waals surface area contributed by atoms with Crippen LogP contribution < -0.4 is 9.47 Å². The highest BCUT2D eigenvalue weighted by molar-refractivity contribution is 5.31. The third-order valence-electron chi connectivity index (χ3n) is 4.68. The first-order valence-corrected chi connectivity index (χ1v) is 10.0. The molecule has 8 heteroatoms. The van der Waals surface area contributed by atoms with Gasteiger partial charge in [0.1, 0.15) is 36.9 Å². The fraction of sp³-hybridized carbons (Fsp3) is 0.455. The molecule has 0 aliphatic carbocycles. The number of nitrogens with zero attached hydrogens (tertiary/aromatic N) is 4. The van der Waals surface area contributed by atoms with Crippen LogP contribution in [-0.2, 0) is 13.1 Å². The van der Waals surface area contributed by atoms with E-state index in [-0.39, 0.29) is 13.2 Å². The van der Waals surface area contributed by atoms with E-state index in [4.69, 9.17) is 9.47 Å². The summed E-state index contributed by atoms with van der Waals surface area (Å²) in [6, 6.07) is 11.1. The summed E-state index contributed by atoms with van der Waals surface area (Å²) in [6.45, 7) is 8.87. The molecule has 2 aromatic heterocycles. The molecule has 0 saturated heterocycles. The summed E-state index contributed by atoms with van der Waals surface area (Å²) in [5, 5.41) is 29.1. The number of ether oxygens (including phenoxy) is 2. The second-order valence-corrected chi connectivity index (χ2v) is 7.62. The minimum atomic E-state index is -0.663. The minimum Gasteiger partial charge on any atom is -0.491 e. The van der Waals surface area contributed by atoms with Crippen molar-refractivity contribution in [2.75, 3.05) is 13.2 Å². The highest BCUT2D eigenvalue weighted by Gasteiger charge is 2.11. The van der Waals surface area contributed by atoms with Crippen LogP contribution >= 0.6 is 0 Å². The van der Waals surface area contributed by atoms with Gasteiger partial charge in [-0.05, 0) is 64.1 Å². The Labute approximate surface area is 176 Å². The molecule has 0 bridgehead atoms. The van der Waals surface area contributed by atoms with Crippen molar-refractivity contribution in [2.45, 2.75) is 53.0 Å². The zero-order valence-electron chi connectivity index (χ0n) is 17.9. The van der Waals surface area contributed by atoms with Crippen LogP contribution in [0.15, 0.2) is 36.4 Å². The molecule has 3 rings (SSSR count). The van der Waals surface area contributed by atoms with Crippen molar-refractivity contribution in [3.8, 4) is 11.5 Å². The second-order valence-electron chi connectivity index (χ2n) is 7.62. The third kappa shape index (κ3) is 6.08. The lowest BCUT2D eigenvalue weighted by Gasteiger charge is -2.15. The monoisotopic (exact) mass is 414 g/mol. The summed E-state index contributed by atoms with van der Waals surface area (Å²) in [5.41, 5.74) is 3.87. The summed E-state index contributed by atoms with van der Waals surface area (Å²) < 4.78 is 14.9. The molecule has 0 fully saturated rings. The molecular weight excluding hydrogens is 384 g/mol. The van der Waals surface area contributed by atoms with E-state index in [9.17, 15) is 10.2 Å². The molecule has 0 saturated carbocycles. The fourth-order valence-electron chi connectivity index (χ4n) is 3.24. The predicted octanol–water partition coefficient (Wildman–Crippen LogP) is 2.19. The van der Waals surface area contributed by atoms with Crippen molar-refractivity contribution in [1.82, 2.24) is 19.6 Å². The van der Waals surface area contributed by atoms with Crippen LogP contribution in [0.4, 0.5) is 0 Å². The smallest absolute Gasteiger partial charge is 0.119 e. The molecule has 0 aliphatic rings. The molecule has 8 nitrogen and oxygen atoms in total. The maximum Gasteiger partial charge on any atom is 0.119 e. The van der Waals surface area contributed by atoms with Crippen LogP contribution in [0.2, 0.25) is 0 Å². The third-order valence-corrected chi connectivity index (χ3v) is 4.68. The van der Waals surface area contributed by atoms with Gasteiger partial charge in [0, 0.05) is 11.4 Å². The number of aromatic nitrogens is 4. The van der Waals surface area contributed by atoms with Gasteiger partial charge in [0.15, 0.2) is 0 Å². The Hall–Kier alpha value is -2.84. The molecule has 0 amide bonds. The summed E-state index contributed by atoms with van der Waals surface area (Å²) in [4.78, 5) is 0. The Morgan fingerprint density at radius 1 is 0.733 bits per heavy atom. The lowest BCUT2D eigenvalue weighted by molar-refractivity contribution is 0.0869.